The van der Waals surface area contributed by atoms with Crippen LogP contribution in [0.5, 0.6) is 0 Å². The molecule has 0 saturated carbocycles. The third kappa shape index (κ3) is 2.88. The van der Waals surface area contributed by atoms with Crippen LogP contribution in [0.2, 0.25) is 0 Å². The third-order valence-electron chi connectivity index (χ3n) is 4.85. The zero-order chi connectivity index (χ0) is 17.2. The average molecular weight is 333 g/mol. The van der Waals surface area contributed by atoms with Crippen molar-refractivity contribution in [2.45, 2.75) is 12.0 Å². The first-order valence-electron chi connectivity index (χ1n) is 8.45. The van der Waals surface area contributed by atoms with Gasteiger partial charge in [-0.25, -0.2) is 4.79 Å². The second kappa shape index (κ2) is 6.62. The highest BCUT2D eigenvalue weighted by molar-refractivity contribution is 5.79. The molecule has 4 heteroatoms. The first-order valence-corrected chi connectivity index (χ1v) is 8.45. The number of nitrogens with zero attached hydrogens (tertiary/aromatic N) is 1. The Morgan fingerprint density at radius 1 is 1.16 bits per heavy atom. The normalized spacial score (nSPS) is 19.0. The summed E-state index contributed by atoms with van der Waals surface area (Å²) in [6.45, 7) is 1.66. The standard InChI is InChI=1S/C21H19NO3/c1-2-15-13-22(11-12-24-15)21(23)25-14-20-18-9-5-3-7-16(18)17-8-4-6-10-19(17)20/h1,3-10,15,20H,11-14H2. The Kier molecular flexibility index (Phi) is 4.17. The summed E-state index contributed by atoms with van der Waals surface area (Å²) in [4.78, 5) is 14.0. The Morgan fingerprint density at radius 3 is 2.44 bits per heavy atom. The lowest BCUT2D eigenvalue weighted by Gasteiger charge is -2.30. The highest BCUT2D eigenvalue weighted by Crippen LogP contribution is 2.44. The Hall–Kier alpha value is -2.77. The molecular weight excluding hydrogens is 314 g/mol. The van der Waals surface area contributed by atoms with Gasteiger partial charge in [-0.1, -0.05) is 54.5 Å². The van der Waals surface area contributed by atoms with Gasteiger partial charge in [0.05, 0.1) is 13.2 Å². The fraction of sp³-hybridized carbons (Fsp3) is 0.286. The Labute approximate surface area is 147 Å². The van der Waals surface area contributed by atoms with Crippen molar-refractivity contribution in [3.05, 3.63) is 59.7 Å². The fourth-order valence-corrected chi connectivity index (χ4v) is 3.60. The van der Waals surface area contributed by atoms with Gasteiger partial charge in [-0.3, -0.25) is 0 Å². The van der Waals surface area contributed by atoms with Gasteiger partial charge in [0.15, 0.2) is 0 Å². The predicted octanol–water partition coefficient (Wildman–Crippen LogP) is 3.27. The number of benzene rings is 2. The smallest absolute Gasteiger partial charge is 0.409 e. The van der Waals surface area contributed by atoms with Gasteiger partial charge >= 0.3 is 6.09 Å². The largest absolute Gasteiger partial charge is 0.448 e. The number of hydrogen-bond acceptors (Lipinski definition) is 3. The van der Waals surface area contributed by atoms with E-state index in [0.29, 0.717) is 26.3 Å². The predicted molar refractivity (Wildman–Crippen MR) is 95.2 cm³/mol. The SMILES string of the molecule is C#CC1CN(C(=O)OCC2c3ccccc3-c3ccccc32)CCO1. The molecule has 2 aromatic carbocycles. The quantitative estimate of drug-likeness (QED) is 0.792. The number of morpholine rings is 1. The molecule has 126 valence electrons. The summed E-state index contributed by atoms with van der Waals surface area (Å²) in [5.41, 5.74) is 4.86. The number of ether oxygens (including phenoxy) is 2. The lowest BCUT2D eigenvalue weighted by atomic mass is 9.98. The number of rotatable bonds is 2. The van der Waals surface area contributed by atoms with E-state index in [2.05, 4.69) is 30.2 Å². The van der Waals surface area contributed by atoms with Gasteiger partial charge in [0.25, 0.3) is 0 Å². The maximum atomic E-state index is 12.4. The summed E-state index contributed by atoms with van der Waals surface area (Å²) < 4.78 is 11.0. The second-order valence-corrected chi connectivity index (χ2v) is 6.28. The van der Waals surface area contributed by atoms with E-state index in [1.807, 2.05) is 24.3 Å². The van der Waals surface area contributed by atoms with Crippen molar-refractivity contribution in [2.24, 2.45) is 0 Å². The molecule has 0 bridgehead atoms. The van der Waals surface area contributed by atoms with Crippen molar-refractivity contribution in [3.8, 4) is 23.5 Å². The first kappa shape index (κ1) is 15.7. The van der Waals surface area contributed by atoms with E-state index in [9.17, 15) is 4.79 Å². The first-order chi connectivity index (χ1) is 12.3. The van der Waals surface area contributed by atoms with Crippen LogP contribution >= 0.6 is 0 Å². The summed E-state index contributed by atoms with van der Waals surface area (Å²) >= 11 is 0. The lowest BCUT2D eigenvalue weighted by molar-refractivity contribution is -0.00156. The molecule has 2 aliphatic rings. The van der Waals surface area contributed by atoms with Crippen molar-refractivity contribution < 1.29 is 14.3 Å². The molecular formula is C21H19NO3. The topological polar surface area (TPSA) is 38.8 Å². The number of terminal acetylenes is 1. The molecule has 4 nitrogen and oxygen atoms in total. The summed E-state index contributed by atoms with van der Waals surface area (Å²) in [7, 11) is 0. The van der Waals surface area contributed by atoms with Crippen LogP contribution in [0.25, 0.3) is 11.1 Å². The van der Waals surface area contributed by atoms with Gasteiger partial charge in [0.2, 0.25) is 0 Å². The molecule has 1 heterocycles. The average Bonchev–Trinajstić information content (AvgIpc) is 3.00. The monoisotopic (exact) mass is 333 g/mol. The summed E-state index contributed by atoms with van der Waals surface area (Å²) in [5.74, 6) is 2.61. The van der Waals surface area contributed by atoms with Crippen LogP contribution in [0.15, 0.2) is 48.5 Å². The van der Waals surface area contributed by atoms with Crippen molar-refractivity contribution in [3.63, 3.8) is 0 Å². The molecule has 4 rings (SSSR count). The van der Waals surface area contributed by atoms with Crippen molar-refractivity contribution in [2.75, 3.05) is 26.3 Å². The van der Waals surface area contributed by atoms with E-state index in [1.54, 1.807) is 4.90 Å². The molecule has 0 aromatic heterocycles. The Morgan fingerprint density at radius 2 is 1.80 bits per heavy atom. The van der Waals surface area contributed by atoms with Crippen LogP contribution < -0.4 is 0 Å². The molecule has 1 unspecified atom stereocenters. The molecule has 1 aliphatic carbocycles. The van der Waals surface area contributed by atoms with Crippen LogP contribution in [0.3, 0.4) is 0 Å². The van der Waals surface area contributed by atoms with Crippen molar-refractivity contribution in [1.82, 2.24) is 4.90 Å². The molecule has 1 atom stereocenters. The van der Waals surface area contributed by atoms with Gasteiger partial charge in [-0.2, -0.15) is 0 Å². The summed E-state index contributed by atoms with van der Waals surface area (Å²) in [5, 5.41) is 0. The highest BCUT2D eigenvalue weighted by Gasteiger charge is 2.30. The highest BCUT2D eigenvalue weighted by atomic mass is 16.6. The molecule has 25 heavy (non-hydrogen) atoms. The number of hydrogen-bond donors (Lipinski definition) is 0. The second-order valence-electron chi connectivity index (χ2n) is 6.28. The molecule has 0 spiro atoms. The maximum Gasteiger partial charge on any atom is 0.409 e. The molecule has 0 radical (unpaired) electrons. The van der Waals surface area contributed by atoms with Gasteiger partial charge in [0.1, 0.15) is 12.7 Å². The van der Waals surface area contributed by atoms with Crippen LogP contribution in [0, 0.1) is 12.3 Å². The van der Waals surface area contributed by atoms with Crippen molar-refractivity contribution in [1.29, 1.82) is 0 Å². The van der Waals surface area contributed by atoms with Crippen molar-refractivity contribution >= 4 is 6.09 Å². The van der Waals surface area contributed by atoms with E-state index in [0.717, 1.165) is 0 Å². The van der Waals surface area contributed by atoms with Gasteiger partial charge in [0, 0.05) is 12.5 Å². The number of carbonyl (C=O) groups is 1. The summed E-state index contributed by atoms with van der Waals surface area (Å²) in [6.07, 6.45) is 4.71. The summed E-state index contributed by atoms with van der Waals surface area (Å²) in [6, 6.07) is 16.6. The van der Waals surface area contributed by atoms with E-state index in [-0.39, 0.29) is 18.1 Å². The Bertz CT molecular complexity index is 794. The Balaban J connectivity index is 1.50. The fourth-order valence-electron chi connectivity index (χ4n) is 3.60. The minimum absolute atomic E-state index is 0.0702. The van der Waals surface area contributed by atoms with Crippen LogP contribution in [-0.2, 0) is 9.47 Å². The number of amides is 1. The molecule has 1 fully saturated rings. The molecule has 1 amide bonds. The molecule has 2 aromatic rings. The van der Waals surface area contributed by atoms with E-state index in [1.165, 1.54) is 22.3 Å². The molecule has 0 N–H and O–H groups in total. The minimum Gasteiger partial charge on any atom is -0.448 e. The third-order valence-corrected chi connectivity index (χ3v) is 4.85. The van der Waals surface area contributed by atoms with Crippen LogP contribution in [0.1, 0.15) is 17.0 Å². The van der Waals surface area contributed by atoms with E-state index < -0.39 is 0 Å². The van der Waals surface area contributed by atoms with E-state index >= 15 is 0 Å². The zero-order valence-corrected chi connectivity index (χ0v) is 13.9. The number of fused-ring (bicyclic) bond motifs is 3. The van der Waals surface area contributed by atoms with E-state index in [4.69, 9.17) is 15.9 Å². The molecule has 1 aliphatic heterocycles. The lowest BCUT2D eigenvalue weighted by Crippen LogP contribution is -2.45. The van der Waals surface area contributed by atoms with Gasteiger partial charge in [-0.15, -0.1) is 6.42 Å². The zero-order valence-electron chi connectivity index (χ0n) is 13.9. The maximum absolute atomic E-state index is 12.4. The van der Waals surface area contributed by atoms with Crippen LogP contribution in [0.4, 0.5) is 4.79 Å². The number of carbonyl (C=O) groups excluding carboxylic acids is 1. The van der Waals surface area contributed by atoms with Crippen LogP contribution in [-0.4, -0.2) is 43.4 Å². The van der Waals surface area contributed by atoms with Gasteiger partial charge in [-0.05, 0) is 22.3 Å². The minimum atomic E-state index is -0.353. The van der Waals surface area contributed by atoms with Gasteiger partial charge < -0.3 is 14.4 Å². The molecule has 1 saturated heterocycles.